The molecule has 2 N–H and O–H groups in total. The Hall–Kier alpha value is -1.38. The summed E-state index contributed by atoms with van der Waals surface area (Å²) in [4.78, 5) is 3.86. The zero-order valence-electron chi connectivity index (χ0n) is 12.2. The number of aliphatic imine (C=N–C) groups is 1. The van der Waals surface area contributed by atoms with Crippen LogP contribution in [0.1, 0.15) is 53.9 Å². The van der Waals surface area contributed by atoms with Gasteiger partial charge in [0.1, 0.15) is 0 Å². The molecule has 0 aliphatic rings. The summed E-state index contributed by atoms with van der Waals surface area (Å²) >= 11 is 0. The predicted molar refractivity (Wildman–Crippen MR) is 78.1 cm³/mol. The van der Waals surface area contributed by atoms with E-state index in [1.54, 1.807) is 6.92 Å². The minimum Gasteiger partial charge on any atom is -0.398 e. The number of allylic oxidation sites excluding steroid dienone is 4. The van der Waals surface area contributed by atoms with Crippen molar-refractivity contribution in [1.82, 2.24) is 0 Å². The zero-order valence-corrected chi connectivity index (χ0v) is 12.2. The van der Waals surface area contributed by atoms with Gasteiger partial charge in [0.15, 0.2) is 5.97 Å². The van der Waals surface area contributed by atoms with Gasteiger partial charge in [0.05, 0.1) is 0 Å². The first-order chi connectivity index (χ1) is 8.43. The number of hydrogen-bond acceptors (Lipinski definition) is 2. The van der Waals surface area contributed by atoms with Crippen LogP contribution in [0.25, 0.3) is 0 Å². The highest BCUT2D eigenvalue weighted by atomic mass is 19.1. The largest absolute Gasteiger partial charge is 0.398 e. The van der Waals surface area contributed by atoms with Crippen molar-refractivity contribution in [2.45, 2.75) is 53.9 Å². The predicted octanol–water partition coefficient (Wildman–Crippen LogP) is 4.65. The van der Waals surface area contributed by atoms with Gasteiger partial charge >= 0.3 is 0 Å². The first-order valence-corrected chi connectivity index (χ1v) is 6.47. The highest BCUT2D eigenvalue weighted by molar-refractivity contribution is 5.73. The van der Waals surface area contributed by atoms with Gasteiger partial charge in [-0.1, -0.05) is 32.4 Å². The van der Waals surface area contributed by atoms with E-state index in [1.165, 1.54) is 6.92 Å². The molecule has 0 atom stereocenters. The van der Waals surface area contributed by atoms with Gasteiger partial charge in [-0.3, -0.25) is 0 Å². The van der Waals surface area contributed by atoms with Crippen molar-refractivity contribution in [3.8, 4) is 0 Å². The van der Waals surface area contributed by atoms with Crippen molar-refractivity contribution in [3.63, 3.8) is 0 Å². The lowest BCUT2D eigenvalue weighted by Gasteiger charge is -2.09. The van der Waals surface area contributed by atoms with E-state index in [-0.39, 0.29) is 0 Å². The van der Waals surface area contributed by atoms with Gasteiger partial charge in [-0.25, -0.2) is 4.99 Å². The van der Waals surface area contributed by atoms with E-state index >= 15 is 0 Å². The fourth-order valence-corrected chi connectivity index (χ4v) is 1.48. The van der Waals surface area contributed by atoms with Crippen molar-refractivity contribution < 1.29 is 4.39 Å². The number of halogens is 1. The standard InChI is InChI=1S/C15H25FN2/c1-6-8-9-10-14(12(4)18-13(5)16)15(17)11(3)7-2/h9-10H,6-8,17H2,1-5H3/b10-9-,14-12-,15-11-,18-13?. The molecule has 0 aliphatic carbocycles. The second kappa shape index (κ2) is 8.67. The third-order valence-corrected chi connectivity index (χ3v) is 2.73. The van der Waals surface area contributed by atoms with Crippen LogP contribution in [-0.2, 0) is 0 Å². The highest BCUT2D eigenvalue weighted by Gasteiger charge is 2.05. The SMILES string of the molecule is CCC\C=C/C(=C(\C)N=C(C)F)C(/N)=C(\C)CC. The van der Waals surface area contributed by atoms with Gasteiger partial charge in [0.2, 0.25) is 0 Å². The van der Waals surface area contributed by atoms with E-state index in [0.29, 0.717) is 11.4 Å². The average Bonchev–Trinajstić information content (AvgIpc) is 2.31. The Morgan fingerprint density at radius 1 is 1.22 bits per heavy atom. The molecule has 0 saturated heterocycles. The quantitative estimate of drug-likeness (QED) is 0.542. The Morgan fingerprint density at radius 2 is 1.83 bits per heavy atom. The molecule has 0 saturated carbocycles. The molecule has 0 amide bonds. The third kappa shape index (κ3) is 5.80. The second-order valence-electron chi connectivity index (χ2n) is 4.35. The minimum absolute atomic E-state index is 0.448. The van der Waals surface area contributed by atoms with Gasteiger partial charge in [0, 0.05) is 23.9 Å². The van der Waals surface area contributed by atoms with Crippen LogP contribution < -0.4 is 5.73 Å². The fraction of sp³-hybridized carbons (Fsp3) is 0.533. The average molecular weight is 252 g/mol. The molecule has 0 bridgehead atoms. The van der Waals surface area contributed by atoms with Crippen LogP contribution in [0, 0.1) is 0 Å². The molecule has 3 heteroatoms. The molecule has 0 aromatic heterocycles. The summed E-state index contributed by atoms with van der Waals surface area (Å²) in [7, 11) is 0. The molecule has 0 aliphatic heterocycles. The summed E-state index contributed by atoms with van der Waals surface area (Å²) in [6.07, 6.45) is 6.93. The van der Waals surface area contributed by atoms with E-state index in [4.69, 9.17) is 5.73 Å². The third-order valence-electron chi connectivity index (χ3n) is 2.73. The Labute approximate surface area is 110 Å². The smallest absolute Gasteiger partial charge is 0.186 e. The molecule has 2 nitrogen and oxygen atoms in total. The molecule has 0 heterocycles. The van der Waals surface area contributed by atoms with Gasteiger partial charge in [0.25, 0.3) is 0 Å². The van der Waals surface area contributed by atoms with Gasteiger partial charge in [-0.2, -0.15) is 4.39 Å². The maximum Gasteiger partial charge on any atom is 0.186 e. The second-order valence-corrected chi connectivity index (χ2v) is 4.35. The summed E-state index contributed by atoms with van der Waals surface area (Å²) < 4.78 is 12.9. The van der Waals surface area contributed by atoms with E-state index in [1.807, 2.05) is 13.0 Å². The molecule has 0 spiro atoms. The van der Waals surface area contributed by atoms with Crippen molar-refractivity contribution in [2.75, 3.05) is 0 Å². The van der Waals surface area contributed by atoms with Crippen LogP contribution >= 0.6 is 0 Å². The van der Waals surface area contributed by atoms with E-state index < -0.39 is 5.97 Å². The van der Waals surface area contributed by atoms with Crippen LogP contribution in [0.15, 0.2) is 39.7 Å². The normalized spacial score (nSPS) is 15.8. The maximum atomic E-state index is 12.9. The summed E-state index contributed by atoms with van der Waals surface area (Å²) in [5.74, 6) is -0.448. The molecule has 102 valence electrons. The molecular weight excluding hydrogens is 227 g/mol. The highest BCUT2D eigenvalue weighted by Crippen LogP contribution is 2.19. The zero-order chi connectivity index (χ0) is 14.1. The minimum atomic E-state index is -0.448. The molecule has 0 unspecified atom stereocenters. The van der Waals surface area contributed by atoms with Crippen LogP contribution in [0.4, 0.5) is 4.39 Å². The van der Waals surface area contributed by atoms with Crippen molar-refractivity contribution in [3.05, 3.63) is 34.7 Å². The monoisotopic (exact) mass is 252 g/mol. The van der Waals surface area contributed by atoms with Gasteiger partial charge in [-0.15, -0.1) is 0 Å². The Bertz CT molecular complexity index is 383. The summed E-state index contributed by atoms with van der Waals surface area (Å²) in [5.41, 5.74) is 9.34. The number of unbranched alkanes of at least 4 members (excludes halogenated alkanes) is 1. The summed E-state index contributed by atoms with van der Waals surface area (Å²) in [6.45, 7) is 9.27. The first-order valence-electron chi connectivity index (χ1n) is 6.47. The lowest BCUT2D eigenvalue weighted by molar-refractivity contribution is 0.793. The van der Waals surface area contributed by atoms with Crippen LogP contribution in [0.5, 0.6) is 0 Å². The summed E-state index contributed by atoms with van der Waals surface area (Å²) in [5, 5.41) is 0. The molecular formula is C15H25FN2. The molecule has 0 aromatic carbocycles. The number of nitrogens with zero attached hydrogens (tertiary/aromatic N) is 1. The number of nitrogens with two attached hydrogens (primary N) is 1. The van der Waals surface area contributed by atoms with Gasteiger partial charge < -0.3 is 5.73 Å². The van der Waals surface area contributed by atoms with Crippen molar-refractivity contribution in [2.24, 2.45) is 10.7 Å². The van der Waals surface area contributed by atoms with Crippen molar-refractivity contribution >= 4 is 5.97 Å². The Kier molecular flexibility index (Phi) is 8.01. The fourth-order valence-electron chi connectivity index (χ4n) is 1.48. The number of rotatable bonds is 6. The van der Waals surface area contributed by atoms with E-state index in [9.17, 15) is 4.39 Å². The number of hydrogen-bond donors (Lipinski definition) is 1. The molecule has 0 rings (SSSR count). The lowest BCUT2D eigenvalue weighted by Crippen LogP contribution is -2.05. The van der Waals surface area contributed by atoms with Crippen molar-refractivity contribution in [1.29, 1.82) is 0 Å². The maximum absolute atomic E-state index is 12.9. The topological polar surface area (TPSA) is 38.4 Å². The molecule has 0 aromatic rings. The van der Waals surface area contributed by atoms with Crippen LogP contribution in [-0.4, -0.2) is 5.97 Å². The molecule has 18 heavy (non-hydrogen) atoms. The molecule has 0 fully saturated rings. The van der Waals surface area contributed by atoms with Gasteiger partial charge in [-0.05, 0) is 32.3 Å². The molecule has 0 radical (unpaired) electrons. The summed E-state index contributed by atoms with van der Waals surface area (Å²) in [6, 6.07) is 0. The Balaban J connectivity index is 5.51. The van der Waals surface area contributed by atoms with E-state index in [2.05, 4.69) is 24.9 Å². The van der Waals surface area contributed by atoms with Crippen LogP contribution in [0.2, 0.25) is 0 Å². The van der Waals surface area contributed by atoms with Crippen LogP contribution in [0.3, 0.4) is 0 Å². The first kappa shape index (κ1) is 16.6. The lowest BCUT2D eigenvalue weighted by atomic mass is 10.0. The Morgan fingerprint density at radius 3 is 2.28 bits per heavy atom. The van der Waals surface area contributed by atoms with E-state index in [0.717, 1.165) is 30.4 Å².